The van der Waals surface area contributed by atoms with Crippen LogP contribution < -0.4 is 5.30 Å². The Morgan fingerprint density at radius 3 is 2.46 bits per heavy atom. The molecular formula is C21H27O4P. The standard InChI is InChI=1S/C21H27O4P/c1-21(2,14-4-6-15(23)7-5-14)18-9-13(3-8-20(18)26)19-11-16(24)10-17(12-22)25-19/h3-9,16-17,19,22-24H,10-12,26H2,1-2H3. The van der Waals surface area contributed by atoms with Crippen molar-refractivity contribution in [1.82, 2.24) is 0 Å². The molecule has 3 rings (SSSR count). The third-order valence-electron chi connectivity index (χ3n) is 5.29. The smallest absolute Gasteiger partial charge is 0.115 e. The van der Waals surface area contributed by atoms with Gasteiger partial charge in [-0.15, -0.1) is 9.24 Å². The minimum absolute atomic E-state index is 0.0822. The molecule has 0 aliphatic carbocycles. The number of hydrogen-bond donors (Lipinski definition) is 3. The minimum atomic E-state index is -0.463. The molecule has 4 unspecified atom stereocenters. The number of hydrogen-bond acceptors (Lipinski definition) is 4. The Morgan fingerprint density at radius 1 is 1.12 bits per heavy atom. The maximum absolute atomic E-state index is 10.1. The van der Waals surface area contributed by atoms with Crippen LogP contribution in [0.25, 0.3) is 0 Å². The molecule has 1 aliphatic rings. The number of aliphatic hydroxyl groups is 2. The lowest BCUT2D eigenvalue weighted by atomic mass is 9.77. The van der Waals surface area contributed by atoms with Crippen LogP contribution in [0.5, 0.6) is 5.75 Å². The van der Waals surface area contributed by atoms with Gasteiger partial charge in [-0.1, -0.05) is 44.2 Å². The van der Waals surface area contributed by atoms with E-state index in [4.69, 9.17) is 4.74 Å². The molecule has 5 heteroatoms. The van der Waals surface area contributed by atoms with Crippen LogP contribution in [0.15, 0.2) is 42.5 Å². The molecule has 0 spiro atoms. The van der Waals surface area contributed by atoms with E-state index in [-0.39, 0.29) is 30.0 Å². The summed E-state index contributed by atoms with van der Waals surface area (Å²) in [7, 11) is 2.79. The Hall–Kier alpha value is -1.45. The highest BCUT2D eigenvalue weighted by Gasteiger charge is 2.31. The topological polar surface area (TPSA) is 69.9 Å². The van der Waals surface area contributed by atoms with Crippen LogP contribution in [-0.2, 0) is 10.2 Å². The summed E-state index contributed by atoms with van der Waals surface area (Å²) in [5.41, 5.74) is 3.00. The molecule has 1 saturated heterocycles. The van der Waals surface area contributed by atoms with Gasteiger partial charge in [-0.3, -0.25) is 0 Å². The SMILES string of the molecule is CC(C)(c1ccc(O)cc1)c1cc(C2CC(O)CC(CO)O2)ccc1P. The number of benzene rings is 2. The summed E-state index contributed by atoms with van der Waals surface area (Å²) >= 11 is 0. The van der Waals surface area contributed by atoms with Gasteiger partial charge in [0.05, 0.1) is 24.9 Å². The highest BCUT2D eigenvalue weighted by Crippen LogP contribution is 2.36. The first kappa shape index (κ1) is 19.3. The predicted molar refractivity (Wildman–Crippen MR) is 106 cm³/mol. The van der Waals surface area contributed by atoms with Crippen molar-refractivity contribution in [2.45, 2.75) is 50.4 Å². The number of aromatic hydroxyl groups is 1. The first-order chi connectivity index (χ1) is 12.3. The third-order valence-corrected chi connectivity index (χ3v) is 5.80. The average molecular weight is 374 g/mol. The zero-order valence-corrected chi connectivity index (χ0v) is 16.4. The molecule has 4 atom stereocenters. The van der Waals surface area contributed by atoms with Gasteiger partial charge >= 0.3 is 0 Å². The molecule has 4 nitrogen and oxygen atoms in total. The zero-order valence-electron chi connectivity index (χ0n) is 15.2. The lowest BCUT2D eigenvalue weighted by Gasteiger charge is -2.34. The fraction of sp³-hybridized carbons (Fsp3) is 0.429. The van der Waals surface area contributed by atoms with Gasteiger partial charge in [0.15, 0.2) is 0 Å². The van der Waals surface area contributed by atoms with Crippen molar-refractivity contribution in [1.29, 1.82) is 0 Å². The molecule has 1 heterocycles. The van der Waals surface area contributed by atoms with E-state index in [1.54, 1.807) is 12.1 Å². The van der Waals surface area contributed by atoms with Crippen molar-refractivity contribution in [2.24, 2.45) is 0 Å². The second-order valence-electron chi connectivity index (χ2n) is 7.57. The second-order valence-corrected chi connectivity index (χ2v) is 8.20. The molecule has 2 aromatic carbocycles. The molecule has 0 aromatic heterocycles. The number of ether oxygens (including phenoxy) is 1. The summed E-state index contributed by atoms with van der Waals surface area (Å²) in [6, 6.07) is 13.5. The van der Waals surface area contributed by atoms with E-state index in [1.807, 2.05) is 18.2 Å². The van der Waals surface area contributed by atoms with Crippen molar-refractivity contribution in [3.63, 3.8) is 0 Å². The Bertz CT molecular complexity index is 757. The van der Waals surface area contributed by atoms with Gasteiger partial charge in [-0.05, 0) is 34.1 Å². The zero-order chi connectivity index (χ0) is 18.9. The van der Waals surface area contributed by atoms with E-state index in [1.165, 1.54) is 0 Å². The highest BCUT2D eigenvalue weighted by molar-refractivity contribution is 7.27. The van der Waals surface area contributed by atoms with Crippen LogP contribution in [-0.4, -0.2) is 34.1 Å². The van der Waals surface area contributed by atoms with Crippen LogP contribution in [0.3, 0.4) is 0 Å². The molecule has 3 N–H and O–H groups in total. The maximum Gasteiger partial charge on any atom is 0.115 e. The molecule has 0 amide bonds. The predicted octanol–water partition coefficient (Wildman–Crippen LogP) is 2.79. The van der Waals surface area contributed by atoms with Crippen LogP contribution in [0.1, 0.15) is 49.5 Å². The van der Waals surface area contributed by atoms with Crippen molar-refractivity contribution in [3.8, 4) is 5.75 Å². The molecule has 2 aromatic rings. The van der Waals surface area contributed by atoms with Gasteiger partial charge in [-0.2, -0.15) is 0 Å². The van der Waals surface area contributed by atoms with Crippen molar-refractivity contribution in [2.75, 3.05) is 6.61 Å². The van der Waals surface area contributed by atoms with Crippen molar-refractivity contribution in [3.05, 3.63) is 59.2 Å². The van der Waals surface area contributed by atoms with E-state index < -0.39 is 6.10 Å². The number of aliphatic hydroxyl groups excluding tert-OH is 2. The van der Waals surface area contributed by atoms with Crippen LogP contribution in [0.4, 0.5) is 0 Å². The lowest BCUT2D eigenvalue weighted by molar-refractivity contribution is -0.113. The van der Waals surface area contributed by atoms with E-state index in [2.05, 4.69) is 35.2 Å². The fourth-order valence-electron chi connectivity index (χ4n) is 3.67. The normalized spacial score (nSPS) is 23.8. The summed E-state index contributed by atoms with van der Waals surface area (Å²) in [6.45, 7) is 4.22. The third kappa shape index (κ3) is 3.94. The second kappa shape index (κ2) is 7.66. The van der Waals surface area contributed by atoms with Crippen LogP contribution in [0, 0.1) is 0 Å². The molecule has 1 fully saturated rings. The van der Waals surface area contributed by atoms with Gasteiger partial charge in [0.1, 0.15) is 5.75 Å². The lowest BCUT2D eigenvalue weighted by Crippen LogP contribution is -2.34. The average Bonchev–Trinajstić information content (AvgIpc) is 2.61. The Labute approximate surface area is 157 Å². The molecule has 0 saturated carbocycles. The molecule has 0 radical (unpaired) electrons. The van der Waals surface area contributed by atoms with E-state index >= 15 is 0 Å². The molecule has 0 bridgehead atoms. The summed E-state index contributed by atoms with van der Waals surface area (Å²) in [5.74, 6) is 0.254. The minimum Gasteiger partial charge on any atom is -0.508 e. The van der Waals surface area contributed by atoms with Crippen LogP contribution >= 0.6 is 9.24 Å². The molecule has 1 aliphatic heterocycles. The van der Waals surface area contributed by atoms with Gasteiger partial charge in [-0.25, -0.2) is 0 Å². The van der Waals surface area contributed by atoms with Crippen LogP contribution in [0.2, 0.25) is 0 Å². The number of rotatable bonds is 4. The Kier molecular flexibility index (Phi) is 5.69. The fourth-order valence-corrected chi connectivity index (χ4v) is 4.21. The summed E-state index contributed by atoms with van der Waals surface area (Å²) in [6.07, 6.45) is -0.00852. The first-order valence-electron chi connectivity index (χ1n) is 8.95. The molecule has 140 valence electrons. The summed E-state index contributed by atoms with van der Waals surface area (Å²) in [5, 5.41) is 30.2. The van der Waals surface area contributed by atoms with E-state index in [0.717, 1.165) is 22.0 Å². The van der Waals surface area contributed by atoms with Gasteiger partial charge in [0, 0.05) is 18.3 Å². The summed E-state index contributed by atoms with van der Waals surface area (Å²) < 4.78 is 5.97. The van der Waals surface area contributed by atoms with Crippen molar-refractivity contribution >= 4 is 14.5 Å². The Morgan fingerprint density at radius 2 is 1.81 bits per heavy atom. The monoisotopic (exact) mass is 374 g/mol. The van der Waals surface area contributed by atoms with Gasteiger partial charge in [0.2, 0.25) is 0 Å². The number of phenols is 1. The maximum atomic E-state index is 10.1. The quantitative estimate of drug-likeness (QED) is 0.720. The number of phenolic OH excluding ortho intramolecular Hbond substituents is 1. The van der Waals surface area contributed by atoms with E-state index in [0.29, 0.717) is 12.8 Å². The van der Waals surface area contributed by atoms with Crippen molar-refractivity contribution < 1.29 is 20.1 Å². The summed E-state index contributed by atoms with van der Waals surface area (Å²) in [4.78, 5) is 0. The van der Waals surface area contributed by atoms with Gasteiger partial charge in [0.25, 0.3) is 0 Å². The highest BCUT2D eigenvalue weighted by atomic mass is 31.0. The van der Waals surface area contributed by atoms with Gasteiger partial charge < -0.3 is 20.1 Å². The molecular weight excluding hydrogens is 347 g/mol. The first-order valence-corrected chi connectivity index (χ1v) is 9.52. The molecule has 26 heavy (non-hydrogen) atoms. The van der Waals surface area contributed by atoms with E-state index in [9.17, 15) is 15.3 Å². The largest absolute Gasteiger partial charge is 0.508 e. The Balaban J connectivity index is 1.96.